The molecule has 1 saturated heterocycles. The van der Waals surface area contributed by atoms with Gasteiger partial charge in [-0.25, -0.2) is 9.18 Å². The van der Waals surface area contributed by atoms with Gasteiger partial charge in [-0.05, 0) is 50.2 Å². The molecule has 0 aromatic heterocycles. The highest BCUT2D eigenvalue weighted by molar-refractivity contribution is 5.89. The summed E-state index contributed by atoms with van der Waals surface area (Å²) >= 11 is 0. The Morgan fingerprint density at radius 3 is 2.22 bits per heavy atom. The largest absolute Gasteiger partial charge is 0.372 e. The van der Waals surface area contributed by atoms with Crippen molar-refractivity contribution in [3.05, 3.63) is 54.3 Å². The number of urea groups is 1. The highest BCUT2D eigenvalue weighted by atomic mass is 19.1. The zero-order chi connectivity index (χ0) is 19.2. The Kier molecular flexibility index (Phi) is 6.16. The fraction of sp³-hybridized carbons (Fsp3) is 0.381. The summed E-state index contributed by atoms with van der Waals surface area (Å²) in [6.45, 7) is 9.03. The molecule has 0 atom stereocenters. The van der Waals surface area contributed by atoms with Gasteiger partial charge in [-0.15, -0.1) is 0 Å². The number of carbonyl (C=O) groups is 1. The van der Waals surface area contributed by atoms with Crippen LogP contribution < -0.4 is 15.1 Å². The van der Waals surface area contributed by atoms with E-state index in [0.29, 0.717) is 13.1 Å². The first-order valence-corrected chi connectivity index (χ1v) is 9.52. The van der Waals surface area contributed by atoms with Gasteiger partial charge in [0.2, 0.25) is 0 Å². The molecular weight excluding hydrogens is 343 g/mol. The van der Waals surface area contributed by atoms with Gasteiger partial charge in [0.25, 0.3) is 0 Å². The number of benzene rings is 2. The molecule has 0 bridgehead atoms. The monoisotopic (exact) mass is 370 g/mol. The van der Waals surface area contributed by atoms with Crippen molar-refractivity contribution in [1.29, 1.82) is 0 Å². The van der Waals surface area contributed by atoms with Crippen LogP contribution in [0.1, 0.15) is 13.8 Å². The number of para-hydroxylation sites is 1. The maximum Gasteiger partial charge on any atom is 0.322 e. The average molecular weight is 370 g/mol. The third-order valence-corrected chi connectivity index (χ3v) is 5.03. The Balaban J connectivity index is 1.55. The van der Waals surface area contributed by atoms with Crippen LogP contribution >= 0.6 is 0 Å². The fourth-order valence-corrected chi connectivity index (χ4v) is 3.39. The van der Waals surface area contributed by atoms with Crippen molar-refractivity contribution in [2.24, 2.45) is 0 Å². The van der Waals surface area contributed by atoms with E-state index in [1.54, 1.807) is 23.1 Å². The molecule has 0 unspecified atom stereocenters. The Hall–Kier alpha value is -2.76. The lowest BCUT2D eigenvalue weighted by Gasteiger charge is -2.36. The summed E-state index contributed by atoms with van der Waals surface area (Å²) in [5, 5.41) is 2.66. The molecule has 0 spiro atoms. The summed E-state index contributed by atoms with van der Waals surface area (Å²) in [7, 11) is 0. The molecule has 0 aliphatic carbocycles. The normalized spacial score (nSPS) is 14.2. The fourth-order valence-electron chi connectivity index (χ4n) is 3.39. The summed E-state index contributed by atoms with van der Waals surface area (Å²) in [6.07, 6.45) is 0. The van der Waals surface area contributed by atoms with Crippen LogP contribution in [0.3, 0.4) is 0 Å². The maximum absolute atomic E-state index is 13.7. The number of rotatable bonds is 5. The summed E-state index contributed by atoms with van der Waals surface area (Å²) in [6, 6.07) is 14.6. The zero-order valence-electron chi connectivity index (χ0n) is 16.0. The van der Waals surface area contributed by atoms with E-state index in [0.717, 1.165) is 26.2 Å². The van der Waals surface area contributed by atoms with Crippen LogP contribution in [-0.2, 0) is 0 Å². The number of anilines is 3. The number of nitrogens with one attached hydrogen (secondary N) is 1. The molecule has 3 rings (SSSR count). The van der Waals surface area contributed by atoms with Crippen molar-refractivity contribution < 1.29 is 9.18 Å². The van der Waals surface area contributed by atoms with E-state index in [1.165, 1.54) is 17.4 Å². The van der Waals surface area contributed by atoms with E-state index in [1.807, 2.05) is 0 Å². The molecule has 1 aliphatic heterocycles. The first-order chi connectivity index (χ1) is 13.1. The Morgan fingerprint density at radius 1 is 1.00 bits per heavy atom. The van der Waals surface area contributed by atoms with Crippen LogP contribution in [0.25, 0.3) is 0 Å². The van der Waals surface area contributed by atoms with E-state index in [2.05, 4.69) is 53.2 Å². The third-order valence-electron chi connectivity index (χ3n) is 5.03. The van der Waals surface area contributed by atoms with Gasteiger partial charge in [-0.1, -0.05) is 12.1 Å². The number of hydrogen-bond donors (Lipinski definition) is 1. The van der Waals surface area contributed by atoms with Crippen molar-refractivity contribution in [2.45, 2.75) is 13.8 Å². The minimum absolute atomic E-state index is 0.219. The van der Waals surface area contributed by atoms with E-state index in [9.17, 15) is 9.18 Å². The highest BCUT2D eigenvalue weighted by Gasteiger charge is 2.22. The predicted molar refractivity (Wildman–Crippen MR) is 109 cm³/mol. The van der Waals surface area contributed by atoms with Gasteiger partial charge < -0.3 is 20.0 Å². The molecule has 144 valence electrons. The van der Waals surface area contributed by atoms with Crippen molar-refractivity contribution >= 4 is 23.1 Å². The van der Waals surface area contributed by atoms with Gasteiger partial charge in [0.15, 0.2) is 0 Å². The highest BCUT2D eigenvalue weighted by Crippen LogP contribution is 2.22. The minimum Gasteiger partial charge on any atom is -0.372 e. The van der Waals surface area contributed by atoms with Gasteiger partial charge >= 0.3 is 6.03 Å². The van der Waals surface area contributed by atoms with E-state index >= 15 is 0 Å². The molecule has 5 nitrogen and oxygen atoms in total. The quantitative estimate of drug-likeness (QED) is 0.864. The van der Waals surface area contributed by atoms with E-state index in [-0.39, 0.29) is 11.7 Å². The molecule has 2 amide bonds. The lowest BCUT2D eigenvalue weighted by molar-refractivity contribution is 0.208. The second-order valence-corrected chi connectivity index (χ2v) is 6.57. The molecule has 0 saturated carbocycles. The third kappa shape index (κ3) is 4.51. The molecule has 1 N–H and O–H groups in total. The van der Waals surface area contributed by atoms with Crippen LogP contribution in [0, 0.1) is 5.82 Å². The van der Waals surface area contributed by atoms with Gasteiger partial charge in [0.05, 0.1) is 5.69 Å². The number of hydrogen-bond acceptors (Lipinski definition) is 3. The van der Waals surface area contributed by atoms with E-state index < -0.39 is 5.82 Å². The van der Waals surface area contributed by atoms with Crippen molar-refractivity contribution in [3.8, 4) is 0 Å². The first kappa shape index (κ1) is 19.0. The lowest BCUT2D eigenvalue weighted by Crippen LogP contribution is -2.50. The number of amides is 2. The second-order valence-electron chi connectivity index (χ2n) is 6.57. The molecule has 2 aromatic rings. The van der Waals surface area contributed by atoms with Gasteiger partial charge in [-0.2, -0.15) is 0 Å². The summed E-state index contributed by atoms with van der Waals surface area (Å²) < 4.78 is 13.7. The lowest BCUT2D eigenvalue weighted by atomic mass is 10.2. The Morgan fingerprint density at radius 2 is 1.63 bits per heavy atom. The Labute approximate surface area is 160 Å². The minimum atomic E-state index is -0.419. The molecule has 0 radical (unpaired) electrons. The van der Waals surface area contributed by atoms with E-state index in [4.69, 9.17) is 0 Å². The standard InChI is InChI=1S/C21H27FN4O/c1-3-24(4-2)17-9-11-18(12-10-17)25-13-15-26(16-14-25)21(27)23-20-8-6-5-7-19(20)22/h5-12H,3-4,13-16H2,1-2H3,(H,23,27). The molecular formula is C21H27FN4O. The van der Waals surface area contributed by atoms with Crippen LogP contribution in [0.2, 0.25) is 0 Å². The number of piperazine rings is 1. The van der Waals surface area contributed by atoms with Crippen molar-refractivity contribution in [1.82, 2.24) is 4.90 Å². The second kappa shape index (κ2) is 8.75. The smallest absolute Gasteiger partial charge is 0.322 e. The maximum atomic E-state index is 13.7. The summed E-state index contributed by atoms with van der Waals surface area (Å²) in [5.74, 6) is -0.419. The summed E-state index contributed by atoms with van der Waals surface area (Å²) in [4.78, 5) is 18.7. The van der Waals surface area contributed by atoms with Crippen LogP contribution in [0.15, 0.2) is 48.5 Å². The molecule has 2 aromatic carbocycles. The van der Waals surface area contributed by atoms with Crippen molar-refractivity contribution in [2.75, 3.05) is 54.4 Å². The molecule has 27 heavy (non-hydrogen) atoms. The molecule has 6 heteroatoms. The van der Waals surface area contributed by atoms with Crippen molar-refractivity contribution in [3.63, 3.8) is 0 Å². The molecule has 1 aliphatic rings. The number of nitrogens with zero attached hydrogens (tertiary/aromatic N) is 3. The predicted octanol–water partition coefficient (Wildman–Crippen LogP) is 4.03. The number of carbonyl (C=O) groups excluding carboxylic acids is 1. The van der Waals surface area contributed by atoms with Crippen LogP contribution in [0.4, 0.5) is 26.2 Å². The van der Waals surface area contributed by atoms with Gasteiger partial charge in [-0.3, -0.25) is 0 Å². The number of halogens is 1. The zero-order valence-corrected chi connectivity index (χ0v) is 16.0. The van der Waals surface area contributed by atoms with Crippen LogP contribution in [0.5, 0.6) is 0 Å². The molecule has 1 fully saturated rings. The summed E-state index contributed by atoms with van der Waals surface area (Å²) in [5.41, 5.74) is 2.61. The van der Waals surface area contributed by atoms with Crippen LogP contribution in [-0.4, -0.2) is 50.2 Å². The van der Waals surface area contributed by atoms with Gasteiger partial charge in [0, 0.05) is 50.6 Å². The SMILES string of the molecule is CCN(CC)c1ccc(N2CCN(C(=O)Nc3ccccc3F)CC2)cc1. The van der Waals surface area contributed by atoms with Gasteiger partial charge in [0.1, 0.15) is 5.82 Å². The topological polar surface area (TPSA) is 38.8 Å². The first-order valence-electron chi connectivity index (χ1n) is 9.52. The molecule has 1 heterocycles. The Bertz CT molecular complexity index is 753. The average Bonchev–Trinajstić information content (AvgIpc) is 2.71.